The highest BCUT2D eigenvalue weighted by atomic mass is 32.2. The number of sulfonamides is 1. The highest BCUT2D eigenvalue weighted by Crippen LogP contribution is 2.46. The zero-order valence-electron chi connectivity index (χ0n) is 32.8. The van der Waals surface area contributed by atoms with Crippen LogP contribution in [0.15, 0.2) is 126 Å². The number of rotatable bonds is 8. The number of aromatic nitrogens is 1. The van der Waals surface area contributed by atoms with E-state index >= 15 is 0 Å². The van der Waals surface area contributed by atoms with Crippen LogP contribution in [-0.2, 0) is 30.8 Å². The standard InChI is InChI=1S/C46H47N5O7S/c1-57-34-22-23-36-39(26-34)48-38(32-17-9-6-10-18-32)28-41(36)58-35-27-40(51(30-35)43(52)25-31-15-7-5-8-16-31)44(53)49-46-29-33(46)19-11-3-2-4-14-24-47-37-20-12-13-21-42(37)59(55,56)50-45(46)54/h5-13,15-23,26,28,33,35,40,47H,2-4,14,24-25,27,29-30H2,1H3,(H,49,53)(H,50,54)/b19-11-/t33-,35+,40-,46+/m0/s1. The Hall–Kier alpha value is -6.21. The first-order valence-corrected chi connectivity index (χ1v) is 21.5. The fourth-order valence-corrected chi connectivity index (χ4v) is 9.29. The Morgan fingerprint density at radius 2 is 1.69 bits per heavy atom. The SMILES string of the molecule is COc1ccc2c(O[C@@H]3C[C@@H](C(=O)N[C@]45C[C@@H]4/C=C\CCCCCNc4ccccc4S(=O)(=O)NC5=O)N(C(=O)Cc4ccccc4)C3)cc(-c3ccccc3)nc2c1. The molecule has 1 saturated heterocycles. The molecule has 304 valence electrons. The van der Waals surface area contributed by atoms with E-state index < -0.39 is 45.4 Å². The summed E-state index contributed by atoms with van der Waals surface area (Å²) in [7, 11) is -2.74. The highest BCUT2D eigenvalue weighted by Gasteiger charge is 2.61. The Kier molecular flexibility index (Phi) is 11.4. The third-order valence-corrected chi connectivity index (χ3v) is 12.7. The van der Waals surface area contributed by atoms with E-state index in [0.29, 0.717) is 34.9 Å². The van der Waals surface area contributed by atoms with Crippen molar-refractivity contribution in [2.75, 3.05) is 25.5 Å². The minimum atomic E-state index is -4.33. The summed E-state index contributed by atoms with van der Waals surface area (Å²) in [5.74, 6) is -0.945. The first-order valence-electron chi connectivity index (χ1n) is 20.1. The van der Waals surface area contributed by atoms with Crippen LogP contribution >= 0.6 is 0 Å². The van der Waals surface area contributed by atoms with E-state index in [-0.39, 0.29) is 36.6 Å². The Morgan fingerprint density at radius 3 is 2.49 bits per heavy atom. The second-order valence-corrected chi connectivity index (χ2v) is 17.0. The van der Waals surface area contributed by atoms with Crippen molar-refractivity contribution in [1.29, 1.82) is 0 Å². The molecule has 12 nitrogen and oxygen atoms in total. The summed E-state index contributed by atoms with van der Waals surface area (Å²) in [4.78, 5) is 49.3. The average molecular weight is 814 g/mol. The van der Waals surface area contributed by atoms with Gasteiger partial charge in [0.05, 0.1) is 37.0 Å². The molecule has 5 aromatic rings. The van der Waals surface area contributed by atoms with Crippen molar-refractivity contribution in [1.82, 2.24) is 19.9 Å². The first-order chi connectivity index (χ1) is 28.6. The van der Waals surface area contributed by atoms with Gasteiger partial charge < -0.3 is 25.0 Å². The lowest BCUT2D eigenvalue weighted by Gasteiger charge is -2.26. The topological polar surface area (TPSA) is 156 Å². The van der Waals surface area contributed by atoms with Crippen LogP contribution < -0.4 is 24.8 Å². The molecular formula is C46H47N5O7S. The minimum absolute atomic E-state index is 0.0517. The van der Waals surface area contributed by atoms with Crippen molar-refractivity contribution < 1.29 is 32.3 Å². The van der Waals surface area contributed by atoms with Crippen molar-refractivity contribution in [3.05, 3.63) is 127 Å². The van der Waals surface area contributed by atoms with E-state index in [9.17, 15) is 22.8 Å². The lowest BCUT2D eigenvalue weighted by Crippen LogP contribution is -2.56. The molecule has 3 aliphatic rings. The Labute approximate surface area is 344 Å². The predicted molar refractivity (Wildman–Crippen MR) is 225 cm³/mol. The number of nitrogens with zero attached hydrogens (tertiary/aromatic N) is 2. The molecule has 4 aromatic carbocycles. The number of hydrogen-bond acceptors (Lipinski definition) is 9. The minimum Gasteiger partial charge on any atom is -0.497 e. The number of para-hydroxylation sites is 1. The first kappa shape index (κ1) is 39.6. The third kappa shape index (κ3) is 8.66. The van der Waals surface area contributed by atoms with Crippen LogP contribution in [0.4, 0.5) is 5.69 Å². The van der Waals surface area contributed by atoms with Gasteiger partial charge in [0.15, 0.2) is 0 Å². The van der Waals surface area contributed by atoms with Crippen LogP contribution in [0.2, 0.25) is 0 Å². The molecule has 3 heterocycles. The molecular weight excluding hydrogens is 767 g/mol. The number of methoxy groups -OCH3 is 1. The van der Waals surface area contributed by atoms with Crippen molar-refractivity contribution in [2.24, 2.45) is 5.92 Å². The molecule has 8 rings (SSSR count). The number of fused-ring (bicyclic) bond motifs is 3. The summed E-state index contributed by atoms with van der Waals surface area (Å²) in [5, 5.41) is 6.91. The molecule has 3 N–H and O–H groups in total. The van der Waals surface area contributed by atoms with E-state index in [4.69, 9.17) is 14.5 Å². The number of anilines is 1. The van der Waals surface area contributed by atoms with Crippen LogP contribution in [0.3, 0.4) is 0 Å². The Bertz CT molecular complexity index is 2500. The molecule has 0 spiro atoms. The van der Waals surface area contributed by atoms with Gasteiger partial charge in [-0.2, -0.15) is 0 Å². The number of allylic oxidation sites excluding steroid dienone is 1. The van der Waals surface area contributed by atoms with E-state index in [0.717, 1.165) is 42.2 Å². The number of amides is 3. The number of likely N-dealkylation sites (tertiary alicyclic amines) is 1. The van der Waals surface area contributed by atoms with Gasteiger partial charge in [0.2, 0.25) is 11.8 Å². The molecule has 2 fully saturated rings. The van der Waals surface area contributed by atoms with Crippen LogP contribution in [-0.4, -0.2) is 73.9 Å². The van der Waals surface area contributed by atoms with Crippen molar-refractivity contribution >= 4 is 44.3 Å². The number of carbonyl (C=O) groups is 3. The lowest BCUT2D eigenvalue weighted by molar-refractivity contribution is -0.139. The third-order valence-electron chi connectivity index (χ3n) is 11.3. The van der Waals surface area contributed by atoms with Gasteiger partial charge in [0, 0.05) is 42.0 Å². The molecule has 0 unspecified atom stereocenters. The van der Waals surface area contributed by atoms with E-state index in [1.165, 1.54) is 11.0 Å². The molecule has 2 aliphatic heterocycles. The van der Waals surface area contributed by atoms with Gasteiger partial charge in [-0.1, -0.05) is 91.4 Å². The summed E-state index contributed by atoms with van der Waals surface area (Å²) in [5.41, 5.74) is 1.86. The van der Waals surface area contributed by atoms with Gasteiger partial charge in [-0.25, -0.2) is 18.1 Å². The second kappa shape index (κ2) is 16.9. The van der Waals surface area contributed by atoms with E-state index in [1.807, 2.05) is 97.1 Å². The fourth-order valence-electron chi connectivity index (χ4n) is 8.06. The summed E-state index contributed by atoms with van der Waals surface area (Å²) in [6.07, 6.45) is 7.15. The Balaban J connectivity index is 1.10. The number of pyridine rings is 1. The van der Waals surface area contributed by atoms with Crippen molar-refractivity contribution in [3.8, 4) is 22.8 Å². The number of nitrogens with one attached hydrogen (secondary N) is 3. The van der Waals surface area contributed by atoms with Crippen LogP contribution in [0.5, 0.6) is 11.5 Å². The normalized spacial score (nSPS) is 23.2. The molecule has 13 heteroatoms. The highest BCUT2D eigenvalue weighted by molar-refractivity contribution is 7.90. The summed E-state index contributed by atoms with van der Waals surface area (Å²) >= 11 is 0. The maximum atomic E-state index is 14.6. The quantitative estimate of drug-likeness (QED) is 0.151. The van der Waals surface area contributed by atoms with Gasteiger partial charge in [-0.05, 0) is 55.5 Å². The lowest BCUT2D eigenvalue weighted by atomic mass is 10.1. The molecule has 0 bridgehead atoms. The fraction of sp³-hybridized carbons (Fsp3) is 0.304. The number of carbonyl (C=O) groups excluding carboxylic acids is 3. The molecule has 3 amide bonds. The van der Waals surface area contributed by atoms with Crippen LogP contribution in [0, 0.1) is 5.92 Å². The largest absolute Gasteiger partial charge is 0.497 e. The monoisotopic (exact) mass is 813 g/mol. The summed E-state index contributed by atoms with van der Waals surface area (Å²) < 4.78 is 42.1. The number of benzene rings is 4. The van der Waals surface area contributed by atoms with Gasteiger partial charge in [0.25, 0.3) is 15.9 Å². The molecule has 1 saturated carbocycles. The maximum absolute atomic E-state index is 14.6. The van der Waals surface area contributed by atoms with Gasteiger partial charge >= 0.3 is 0 Å². The summed E-state index contributed by atoms with van der Waals surface area (Å²) in [6, 6.07) is 31.9. The van der Waals surface area contributed by atoms with Crippen molar-refractivity contribution in [2.45, 2.75) is 67.5 Å². The van der Waals surface area contributed by atoms with E-state index in [2.05, 4.69) is 15.4 Å². The van der Waals surface area contributed by atoms with Crippen molar-refractivity contribution in [3.63, 3.8) is 0 Å². The summed E-state index contributed by atoms with van der Waals surface area (Å²) in [6.45, 7) is 0.684. The average Bonchev–Trinajstić information content (AvgIpc) is 3.78. The van der Waals surface area contributed by atoms with Gasteiger partial charge in [-0.15, -0.1) is 0 Å². The smallest absolute Gasteiger partial charge is 0.266 e. The molecule has 0 radical (unpaired) electrons. The molecule has 4 atom stereocenters. The number of ether oxygens (including phenoxy) is 2. The molecule has 1 aromatic heterocycles. The van der Waals surface area contributed by atoms with Crippen LogP contribution in [0.25, 0.3) is 22.2 Å². The van der Waals surface area contributed by atoms with Gasteiger partial charge in [0.1, 0.15) is 34.1 Å². The van der Waals surface area contributed by atoms with E-state index in [1.54, 1.807) is 25.3 Å². The number of hydrogen-bond donors (Lipinski definition) is 3. The zero-order valence-corrected chi connectivity index (χ0v) is 33.6. The Morgan fingerprint density at radius 1 is 0.932 bits per heavy atom. The van der Waals surface area contributed by atoms with Crippen LogP contribution in [0.1, 0.15) is 44.1 Å². The maximum Gasteiger partial charge on any atom is 0.266 e. The zero-order chi connectivity index (χ0) is 41.0. The molecule has 1 aliphatic carbocycles. The second-order valence-electron chi connectivity index (χ2n) is 15.4. The van der Waals surface area contributed by atoms with Gasteiger partial charge in [-0.3, -0.25) is 14.4 Å². The molecule has 59 heavy (non-hydrogen) atoms. The predicted octanol–water partition coefficient (Wildman–Crippen LogP) is 6.42.